The number of aryl methyl sites for hydroxylation is 1. The molecule has 0 saturated heterocycles. The average Bonchev–Trinajstić information content (AvgIpc) is 2.55. The Morgan fingerprint density at radius 2 is 1.58 bits per heavy atom. The standard InChI is InChI=1S/C18H18N2O4/c1-11-7-9-13(10-8-11)16(21)20-15-6-4-3-5-14(15)17(22)19-12(2)18(23)24/h3-10,12H,1-2H3,(H,19,22)(H,20,21)(H,23,24)/p-1/t12-/m1/s1. The summed E-state index contributed by atoms with van der Waals surface area (Å²) in [5.74, 6) is -2.35. The summed E-state index contributed by atoms with van der Waals surface area (Å²) in [6, 6.07) is 12.2. The third kappa shape index (κ3) is 4.19. The highest BCUT2D eigenvalue weighted by Crippen LogP contribution is 2.16. The molecule has 1 atom stereocenters. The largest absolute Gasteiger partial charge is 0.548 e. The molecule has 0 bridgehead atoms. The third-order valence-electron chi connectivity index (χ3n) is 3.43. The summed E-state index contributed by atoms with van der Waals surface area (Å²) in [4.78, 5) is 35.2. The maximum absolute atomic E-state index is 12.3. The molecular weight excluding hydrogens is 308 g/mol. The molecule has 2 N–H and O–H groups in total. The van der Waals surface area contributed by atoms with E-state index in [0.717, 1.165) is 5.56 Å². The summed E-state index contributed by atoms with van der Waals surface area (Å²) in [6.45, 7) is 3.22. The first-order chi connectivity index (χ1) is 11.4. The molecule has 0 radical (unpaired) electrons. The molecule has 24 heavy (non-hydrogen) atoms. The van der Waals surface area contributed by atoms with Gasteiger partial charge in [-0.1, -0.05) is 29.8 Å². The average molecular weight is 325 g/mol. The maximum Gasteiger partial charge on any atom is 0.255 e. The lowest BCUT2D eigenvalue weighted by molar-refractivity contribution is -0.307. The van der Waals surface area contributed by atoms with Crippen molar-refractivity contribution >= 4 is 23.5 Å². The van der Waals surface area contributed by atoms with Gasteiger partial charge in [-0.25, -0.2) is 0 Å². The van der Waals surface area contributed by atoms with Crippen LogP contribution < -0.4 is 15.7 Å². The van der Waals surface area contributed by atoms with Gasteiger partial charge in [0.05, 0.1) is 23.3 Å². The third-order valence-corrected chi connectivity index (χ3v) is 3.43. The minimum atomic E-state index is -1.38. The van der Waals surface area contributed by atoms with Gasteiger partial charge in [-0.2, -0.15) is 0 Å². The number of hydrogen-bond acceptors (Lipinski definition) is 4. The van der Waals surface area contributed by atoms with Gasteiger partial charge < -0.3 is 20.5 Å². The molecule has 2 aromatic rings. The Hall–Kier alpha value is -3.15. The van der Waals surface area contributed by atoms with Crippen LogP contribution in [-0.4, -0.2) is 23.8 Å². The molecule has 0 aliphatic carbocycles. The second kappa shape index (κ2) is 7.41. The first-order valence-corrected chi connectivity index (χ1v) is 7.37. The predicted octanol–water partition coefficient (Wildman–Crippen LogP) is 1.12. The number of rotatable bonds is 5. The minimum Gasteiger partial charge on any atom is -0.548 e. The number of nitrogens with one attached hydrogen (secondary N) is 2. The van der Waals surface area contributed by atoms with E-state index in [2.05, 4.69) is 10.6 Å². The summed E-state index contributed by atoms with van der Waals surface area (Å²) < 4.78 is 0. The number of para-hydroxylation sites is 1. The van der Waals surface area contributed by atoms with Gasteiger partial charge in [0, 0.05) is 5.56 Å². The number of anilines is 1. The number of carboxylic acid groups (broad SMARTS) is 1. The van der Waals surface area contributed by atoms with Crippen LogP contribution in [0.25, 0.3) is 0 Å². The zero-order valence-corrected chi connectivity index (χ0v) is 13.3. The molecule has 6 nitrogen and oxygen atoms in total. The van der Waals surface area contributed by atoms with Gasteiger partial charge in [0.15, 0.2) is 0 Å². The van der Waals surface area contributed by atoms with E-state index in [0.29, 0.717) is 11.3 Å². The second-order valence-electron chi connectivity index (χ2n) is 5.38. The van der Waals surface area contributed by atoms with Gasteiger partial charge in [-0.05, 0) is 38.1 Å². The van der Waals surface area contributed by atoms with Gasteiger partial charge in [0.1, 0.15) is 0 Å². The van der Waals surface area contributed by atoms with Crippen LogP contribution in [0.1, 0.15) is 33.2 Å². The molecule has 2 amide bonds. The number of carbonyl (C=O) groups is 3. The van der Waals surface area contributed by atoms with Crippen molar-refractivity contribution in [3.63, 3.8) is 0 Å². The molecule has 0 saturated carbocycles. The maximum atomic E-state index is 12.3. The molecular formula is C18H17N2O4-. The Labute approximate surface area is 139 Å². The van der Waals surface area contributed by atoms with E-state index in [1.165, 1.54) is 13.0 Å². The number of carboxylic acids is 1. The quantitative estimate of drug-likeness (QED) is 0.860. The lowest BCUT2D eigenvalue weighted by Crippen LogP contribution is -2.46. The smallest absolute Gasteiger partial charge is 0.255 e. The van der Waals surface area contributed by atoms with E-state index in [1.54, 1.807) is 30.3 Å². The van der Waals surface area contributed by atoms with Gasteiger partial charge in [0.25, 0.3) is 11.8 Å². The molecule has 0 aliphatic heterocycles. The summed E-state index contributed by atoms with van der Waals surface area (Å²) in [7, 11) is 0. The number of amides is 2. The molecule has 0 aliphatic rings. The highest BCUT2D eigenvalue weighted by molar-refractivity contribution is 6.09. The monoisotopic (exact) mass is 325 g/mol. The van der Waals surface area contributed by atoms with Crippen molar-refractivity contribution in [3.05, 3.63) is 65.2 Å². The van der Waals surface area contributed by atoms with E-state index in [1.807, 2.05) is 19.1 Å². The Morgan fingerprint density at radius 3 is 2.21 bits per heavy atom. The number of benzene rings is 2. The van der Waals surface area contributed by atoms with Gasteiger partial charge in [-0.3, -0.25) is 9.59 Å². The number of hydrogen-bond donors (Lipinski definition) is 2. The van der Waals surface area contributed by atoms with Crippen molar-refractivity contribution in [3.8, 4) is 0 Å². The molecule has 2 rings (SSSR count). The van der Waals surface area contributed by atoms with Crippen LogP contribution in [-0.2, 0) is 4.79 Å². The molecule has 0 aromatic heterocycles. The summed E-state index contributed by atoms with van der Waals surface area (Å²) in [5.41, 5.74) is 1.96. The van der Waals surface area contributed by atoms with E-state index < -0.39 is 17.9 Å². The molecule has 124 valence electrons. The topological polar surface area (TPSA) is 98.3 Å². The lowest BCUT2D eigenvalue weighted by atomic mass is 10.1. The Bertz CT molecular complexity index is 769. The van der Waals surface area contributed by atoms with Crippen LogP contribution in [0.3, 0.4) is 0 Å². The highest BCUT2D eigenvalue weighted by atomic mass is 16.4. The van der Waals surface area contributed by atoms with Crippen LogP contribution in [0.15, 0.2) is 48.5 Å². The van der Waals surface area contributed by atoms with E-state index in [4.69, 9.17) is 0 Å². The fraction of sp³-hybridized carbons (Fsp3) is 0.167. The Morgan fingerprint density at radius 1 is 0.958 bits per heavy atom. The van der Waals surface area contributed by atoms with Gasteiger partial charge >= 0.3 is 0 Å². The van der Waals surface area contributed by atoms with E-state index >= 15 is 0 Å². The molecule has 0 fully saturated rings. The Balaban J connectivity index is 2.19. The van der Waals surface area contributed by atoms with Crippen LogP contribution in [0.2, 0.25) is 0 Å². The van der Waals surface area contributed by atoms with E-state index in [9.17, 15) is 19.5 Å². The van der Waals surface area contributed by atoms with Crippen molar-refractivity contribution in [1.82, 2.24) is 5.32 Å². The normalized spacial score (nSPS) is 11.4. The van der Waals surface area contributed by atoms with E-state index in [-0.39, 0.29) is 11.5 Å². The van der Waals surface area contributed by atoms with Gasteiger partial charge in [-0.15, -0.1) is 0 Å². The van der Waals surface area contributed by atoms with Crippen LogP contribution in [0.5, 0.6) is 0 Å². The predicted molar refractivity (Wildman–Crippen MR) is 87.5 cm³/mol. The summed E-state index contributed by atoms with van der Waals surface area (Å²) in [5, 5.41) is 15.7. The molecule has 2 aromatic carbocycles. The van der Waals surface area contributed by atoms with Crippen LogP contribution >= 0.6 is 0 Å². The molecule has 0 heterocycles. The summed E-state index contributed by atoms with van der Waals surface area (Å²) in [6.07, 6.45) is 0. The lowest BCUT2D eigenvalue weighted by Gasteiger charge is -2.16. The minimum absolute atomic E-state index is 0.172. The van der Waals surface area contributed by atoms with Crippen LogP contribution in [0.4, 0.5) is 5.69 Å². The zero-order chi connectivity index (χ0) is 17.7. The zero-order valence-electron chi connectivity index (χ0n) is 13.3. The fourth-order valence-corrected chi connectivity index (χ4v) is 2.02. The fourth-order valence-electron chi connectivity index (χ4n) is 2.02. The summed E-state index contributed by atoms with van der Waals surface area (Å²) >= 11 is 0. The van der Waals surface area contributed by atoms with Crippen molar-refractivity contribution in [2.45, 2.75) is 19.9 Å². The highest BCUT2D eigenvalue weighted by Gasteiger charge is 2.16. The van der Waals surface area contributed by atoms with Crippen LogP contribution in [0, 0.1) is 6.92 Å². The second-order valence-corrected chi connectivity index (χ2v) is 5.38. The SMILES string of the molecule is Cc1ccc(C(=O)Nc2ccccc2C(=O)N[C@H](C)C(=O)[O-])cc1. The number of aliphatic carboxylic acids is 1. The molecule has 0 spiro atoms. The van der Waals surface area contributed by atoms with Crippen molar-refractivity contribution in [2.24, 2.45) is 0 Å². The molecule has 0 unspecified atom stereocenters. The first kappa shape index (κ1) is 17.2. The Kier molecular flexibility index (Phi) is 5.31. The van der Waals surface area contributed by atoms with Gasteiger partial charge in [0.2, 0.25) is 0 Å². The number of carbonyl (C=O) groups excluding carboxylic acids is 3. The van der Waals surface area contributed by atoms with Crippen molar-refractivity contribution in [1.29, 1.82) is 0 Å². The first-order valence-electron chi connectivity index (χ1n) is 7.37. The van der Waals surface area contributed by atoms with Crippen molar-refractivity contribution < 1.29 is 19.5 Å². The molecule has 6 heteroatoms. The van der Waals surface area contributed by atoms with Crippen molar-refractivity contribution in [2.75, 3.05) is 5.32 Å².